The van der Waals surface area contributed by atoms with Crippen molar-refractivity contribution in [2.75, 3.05) is 18.5 Å². The predicted octanol–water partition coefficient (Wildman–Crippen LogP) is 3.70. The van der Waals surface area contributed by atoms with Crippen LogP contribution in [0.4, 0.5) is 10.5 Å². The van der Waals surface area contributed by atoms with Crippen LogP contribution in [0.3, 0.4) is 0 Å². The number of hydrogen-bond donors (Lipinski definition) is 2. The van der Waals surface area contributed by atoms with E-state index in [1.807, 2.05) is 48.5 Å². The van der Waals surface area contributed by atoms with Crippen LogP contribution in [0.25, 0.3) is 0 Å². The Labute approximate surface area is 148 Å². The number of amides is 2. The Kier molecular flexibility index (Phi) is 6.42. The van der Waals surface area contributed by atoms with E-state index in [0.29, 0.717) is 13.2 Å². The van der Waals surface area contributed by atoms with Crippen LogP contribution in [0.5, 0.6) is 0 Å². The first kappa shape index (κ1) is 17.5. The molecule has 0 radical (unpaired) electrons. The van der Waals surface area contributed by atoms with E-state index in [1.54, 1.807) is 0 Å². The number of hydrogen-bond acceptors (Lipinski definition) is 3. The number of urea groups is 1. The number of rotatable bonds is 6. The Balaban J connectivity index is 1.45. The Morgan fingerprint density at radius 3 is 2.60 bits per heavy atom. The fraction of sp³-hybridized carbons (Fsp3) is 0.350. The van der Waals surface area contributed by atoms with Crippen LogP contribution in [-0.2, 0) is 22.6 Å². The Morgan fingerprint density at radius 1 is 1.04 bits per heavy atom. The quantitative estimate of drug-likeness (QED) is 0.843. The summed E-state index contributed by atoms with van der Waals surface area (Å²) in [5, 5.41) is 5.68. The highest BCUT2D eigenvalue weighted by Gasteiger charge is 2.14. The van der Waals surface area contributed by atoms with Gasteiger partial charge in [-0.25, -0.2) is 4.79 Å². The summed E-state index contributed by atoms with van der Waals surface area (Å²) in [5.74, 6) is 0. The van der Waals surface area contributed by atoms with Gasteiger partial charge in [0.25, 0.3) is 0 Å². The molecule has 1 heterocycles. The zero-order valence-corrected chi connectivity index (χ0v) is 14.2. The summed E-state index contributed by atoms with van der Waals surface area (Å²) >= 11 is 0. The molecule has 25 heavy (non-hydrogen) atoms. The normalized spacial score (nSPS) is 14.9. The summed E-state index contributed by atoms with van der Waals surface area (Å²) in [6, 6.07) is 17.3. The highest BCUT2D eigenvalue weighted by atomic mass is 16.5. The molecule has 2 amide bonds. The van der Waals surface area contributed by atoms with E-state index in [2.05, 4.69) is 16.7 Å². The Morgan fingerprint density at radius 2 is 1.80 bits per heavy atom. The second kappa shape index (κ2) is 9.20. The lowest BCUT2D eigenvalue weighted by Gasteiger charge is -2.22. The number of anilines is 1. The summed E-state index contributed by atoms with van der Waals surface area (Å²) in [5.41, 5.74) is 2.95. The first-order chi connectivity index (χ1) is 12.3. The molecule has 0 aromatic heterocycles. The molecule has 3 rings (SSSR count). The van der Waals surface area contributed by atoms with Crippen molar-refractivity contribution in [1.82, 2.24) is 5.32 Å². The molecule has 2 N–H and O–H groups in total. The molecule has 5 nitrogen and oxygen atoms in total. The van der Waals surface area contributed by atoms with Gasteiger partial charge in [0.2, 0.25) is 0 Å². The molecule has 0 aliphatic carbocycles. The van der Waals surface area contributed by atoms with Crippen LogP contribution in [0, 0.1) is 0 Å². The van der Waals surface area contributed by atoms with Gasteiger partial charge in [-0.1, -0.05) is 42.5 Å². The maximum atomic E-state index is 11.9. The van der Waals surface area contributed by atoms with Crippen molar-refractivity contribution in [3.8, 4) is 0 Å². The Hall–Kier alpha value is -2.37. The molecule has 2 aromatic rings. The van der Waals surface area contributed by atoms with Crippen LogP contribution in [0.2, 0.25) is 0 Å². The van der Waals surface area contributed by atoms with Gasteiger partial charge in [-0.15, -0.1) is 0 Å². The number of nitrogens with one attached hydrogen (secondary N) is 2. The smallest absolute Gasteiger partial charge is 0.319 e. The van der Waals surface area contributed by atoms with Crippen molar-refractivity contribution < 1.29 is 14.3 Å². The maximum absolute atomic E-state index is 11.9. The van der Waals surface area contributed by atoms with E-state index in [1.165, 1.54) is 0 Å². The summed E-state index contributed by atoms with van der Waals surface area (Å²) < 4.78 is 11.3. The zero-order valence-electron chi connectivity index (χ0n) is 14.2. The van der Waals surface area contributed by atoms with Gasteiger partial charge in [0.15, 0.2) is 0 Å². The van der Waals surface area contributed by atoms with Crippen molar-refractivity contribution in [3.63, 3.8) is 0 Å². The lowest BCUT2D eigenvalue weighted by molar-refractivity contribution is -0.0390. The number of carbonyl (C=O) groups excluding carboxylic acids is 1. The van der Waals surface area contributed by atoms with Gasteiger partial charge in [0, 0.05) is 25.4 Å². The summed E-state index contributed by atoms with van der Waals surface area (Å²) in [7, 11) is 0. The lowest BCUT2D eigenvalue weighted by Crippen LogP contribution is -2.28. The van der Waals surface area contributed by atoms with Gasteiger partial charge < -0.3 is 20.1 Å². The highest BCUT2D eigenvalue weighted by molar-refractivity contribution is 5.89. The third-order valence-corrected chi connectivity index (χ3v) is 4.13. The van der Waals surface area contributed by atoms with Gasteiger partial charge >= 0.3 is 6.03 Å². The number of benzene rings is 2. The summed E-state index contributed by atoms with van der Waals surface area (Å²) in [4.78, 5) is 11.9. The van der Waals surface area contributed by atoms with Crippen LogP contribution in [0.15, 0.2) is 54.6 Å². The molecule has 0 unspecified atom stereocenters. The van der Waals surface area contributed by atoms with Crippen LogP contribution in [0.1, 0.15) is 24.0 Å². The van der Waals surface area contributed by atoms with Gasteiger partial charge in [-0.2, -0.15) is 0 Å². The molecule has 1 fully saturated rings. The van der Waals surface area contributed by atoms with Crippen molar-refractivity contribution in [2.24, 2.45) is 0 Å². The maximum Gasteiger partial charge on any atom is 0.319 e. The molecule has 2 aromatic carbocycles. The molecule has 132 valence electrons. The van der Waals surface area contributed by atoms with Crippen molar-refractivity contribution in [2.45, 2.75) is 32.1 Å². The largest absolute Gasteiger partial charge is 0.381 e. The third-order valence-electron chi connectivity index (χ3n) is 4.13. The second-order valence-electron chi connectivity index (χ2n) is 6.12. The van der Waals surface area contributed by atoms with Crippen molar-refractivity contribution >= 4 is 11.7 Å². The average Bonchev–Trinajstić information content (AvgIpc) is 2.67. The van der Waals surface area contributed by atoms with E-state index in [0.717, 1.165) is 42.9 Å². The molecule has 1 saturated heterocycles. The number of carbonyl (C=O) groups is 1. The van der Waals surface area contributed by atoms with Crippen molar-refractivity contribution in [3.05, 3.63) is 65.7 Å². The SMILES string of the molecule is O=C(NCc1cccc(COC2CCOCC2)c1)Nc1ccccc1. The number of ether oxygens (including phenoxy) is 2. The van der Waals surface area contributed by atoms with Gasteiger partial charge in [-0.3, -0.25) is 0 Å². The van der Waals surface area contributed by atoms with E-state index in [4.69, 9.17) is 9.47 Å². The Bertz CT molecular complexity index is 670. The first-order valence-corrected chi connectivity index (χ1v) is 8.67. The summed E-state index contributed by atoms with van der Waals surface area (Å²) in [6.07, 6.45) is 2.20. The van der Waals surface area contributed by atoms with Gasteiger partial charge in [0.1, 0.15) is 0 Å². The molecule has 1 aliphatic heterocycles. The van der Waals surface area contributed by atoms with E-state index >= 15 is 0 Å². The first-order valence-electron chi connectivity index (χ1n) is 8.67. The number of para-hydroxylation sites is 1. The fourth-order valence-corrected chi connectivity index (χ4v) is 2.77. The predicted molar refractivity (Wildman–Crippen MR) is 97.4 cm³/mol. The molecular weight excluding hydrogens is 316 g/mol. The average molecular weight is 340 g/mol. The molecule has 0 atom stereocenters. The molecule has 0 spiro atoms. The minimum absolute atomic E-state index is 0.213. The minimum atomic E-state index is -0.213. The highest BCUT2D eigenvalue weighted by Crippen LogP contribution is 2.14. The molecule has 5 heteroatoms. The van der Waals surface area contributed by atoms with Gasteiger partial charge in [0.05, 0.1) is 12.7 Å². The van der Waals surface area contributed by atoms with Crippen LogP contribution >= 0.6 is 0 Å². The molecule has 0 saturated carbocycles. The minimum Gasteiger partial charge on any atom is -0.381 e. The van der Waals surface area contributed by atoms with E-state index in [9.17, 15) is 4.79 Å². The monoisotopic (exact) mass is 340 g/mol. The molecule has 1 aliphatic rings. The van der Waals surface area contributed by atoms with Crippen molar-refractivity contribution in [1.29, 1.82) is 0 Å². The van der Waals surface area contributed by atoms with E-state index < -0.39 is 0 Å². The zero-order chi connectivity index (χ0) is 17.3. The van der Waals surface area contributed by atoms with Crippen LogP contribution in [-0.4, -0.2) is 25.3 Å². The lowest BCUT2D eigenvalue weighted by atomic mass is 10.1. The topological polar surface area (TPSA) is 59.6 Å². The molecule has 0 bridgehead atoms. The summed E-state index contributed by atoms with van der Waals surface area (Å²) in [6.45, 7) is 2.63. The van der Waals surface area contributed by atoms with E-state index in [-0.39, 0.29) is 12.1 Å². The molecular formula is C20H24N2O3. The standard InChI is InChI=1S/C20H24N2O3/c23-20(22-18-7-2-1-3-8-18)21-14-16-5-4-6-17(13-16)15-25-19-9-11-24-12-10-19/h1-8,13,19H,9-12,14-15H2,(H2,21,22,23). The third kappa shape index (κ3) is 5.89. The fourth-order valence-electron chi connectivity index (χ4n) is 2.77. The van der Waals surface area contributed by atoms with Gasteiger partial charge in [-0.05, 0) is 36.1 Å². The second-order valence-corrected chi connectivity index (χ2v) is 6.12. The van der Waals surface area contributed by atoms with Crippen LogP contribution < -0.4 is 10.6 Å².